The van der Waals surface area contributed by atoms with E-state index in [9.17, 15) is 23.9 Å². The summed E-state index contributed by atoms with van der Waals surface area (Å²) in [7, 11) is 2.95. The van der Waals surface area contributed by atoms with Gasteiger partial charge in [0.05, 0.1) is 12.1 Å². The Balaban J connectivity index is 1.91. The average molecular weight is 418 g/mol. The van der Waals surface area contributed by atoms with Crippen molar-refractivity contribution in [2.75, 3.05) is 13.7 Å². The smallest absolute Gasteiger partial charge is 0.296 e. The Morgan fingerprint density at radius 3 is 2.60 bits per heavy atom. The predicted octanol–water partition coefficient (Wildman–Crippen LogP) is 0.863. The van der Waals surface area contributed by atoms with Crippen LogP contribution in [0.25, 0.3) is 0 Å². The third-order valence-corrected chi connectivity index (χ3v) is 5.18. The van der Waals surface area contributed by atoms with Crippen molar-refractivity contribution in [1.82, 2.24) is 19.8 Å². The summed E-state index contributed by atoms with van der Waals surface area (Å²) in [4.78, 5) is 42.9. The molecule has 1 saturated heterocycles. The number of benzene rings is 1. The van der Waals surface area contributed by atoms with E-state index in [-0.39, 0.29) is 24.4 Å². The summed E-state index contributed by atoms with van der Waals surface area (Å²) in [5.74, 6) is -1.98. The quantitative estimate of drug-likeness (QED) is 0.745. The number of carbonyl (C=O) groups is 2. The standard InChI is InChI=1S/C20H23FN4O5/c1-11(26)25-10-14(30-3)8-15(25)18-23-16(17(27)20(29)24(18)2)19(28)22-9-12-4-6-13(21)7-5-12/h4-7,14-15,27H,8-10H2,1-3H3,(H,22,28)/t14-,15-/m1/s1. The van der Waals surface area contributed by atoms with Gasteiger partial charge in [-0.1, -0.05) is 12.1 Å². The van der Waals surface area contributed by atoms with Crippen LogP contribution in [0.4, 0.5) is 4.39 Å². The molecule has 2 atom stereocenters. The first-order valence-corrected chi connectivity index (χ1v) is 9.35. The molecule has 2 amide bonds. The molecule has 2 heterocycles. The van der Waals surface area contributed by atoms with Crippen LogP contribution in [-0.4, -0.2) is 51.1 Å². The van der Waals surface area contributed by atoms with Gasteiger partial charge < -0.3 is 20.1 Å². The number of aromatic hydroxyl groups is 1. The van der Waals surface area contributed by atoms with Crippen molar-refractivity contribution in [1.29, 1.82) is 0 Å². The van der Waals surface area contributed by atoms with Crippen molar-refractivity contribution in [2.24, 2.45) is 7.05 Å². The van der Waals surface area contributed by atoms with Crippen LogP contribution in [0.5, 0.6) is 5.75 Å². The van der Waals surface area contributed by atoms with E-state index in [1.165, 1.54) is 50.2 Å². The molecule has 10 heteroatoms. The topological polar surface area (TPSA) is 114 Å². The minimum Gasteiger partial charge on any atom is -0.501 e. The fourth-order valence-electron chi connectivity index (χ4n) is 3.49. The lowest BCUT2D eigenvalue weighted by Crippen LogP contribution is -2.35. The van der Waals surface area contributed by atoms with Gasteiger partial charge in [-0.3, -0.25) is 19.0 Å². The summed E-state index contributed by atoms with van der Waals surface area (Å²) >= 11 is 0. The molecule has 9 nitrogen and oxygen atoms in total. The average Bonchev–Trinajstić information content (AvgIpc) is 3.16. The summed E-state index contributed by atoms with van der Waals surface area (Å²) in [5.41, 5.74) is -0.592. The van der Waals surface area contributed by atoms with Gasteiger partial charge in [0.1, 0.15) is 11.6 Å². The number of methoxy groups -OCH3 is 1. The maximum atomic E-state index is 13.0. The monoisotopic (exact) mass is 418 g/mol. The van der Waals surface area contributed by atoms with Gasteiger partial charge in [-0.2, -0.15) is 0 Å². The molecule has 30 heavy (non-hydrogen) atoms. The van der Waals surface area contributed by atoms with Crippen molar-refractivity contribution in [3.05, 3.63) is 57.5 Å². The lowest BCUT2D eigenvalue weighted by atomic mass is 10.1. The van der Waals surface area contributed by atoms with Gasteiger partial charge in [0, 0.05) is 40.6 Å². The highest BCUT2D eigenvalue weighted by atomic mass is 19.1. The van der Waals surface area contributed by atoms with E-state index in [2.05, 4.69) is 10.3 Å². The zero-order valence-corrected chi connectivity index (χ0v) is 16.9. The molecule has 2 N–H and O–H groups in total. The molecule has 1 aromatic heterocycles. The fraction of sp³-hybridized carbons (Fsp3) is 0.400. The molecule has 0 aliphatic carbocycles. The van der Waals surface area contributed by atoms with Gasteiger partial charge in [-0.25, -0.2) is 9.37 Å². The van der Waals surface area contributed by atoms with Gasteiger partial charge in [0.15, 0.2) is 5.69 Å². The van der Waals surface area contributed by atoms with Gasteiger partial charge >= 0.3 is 0 Å². The van der Waals surface area contributed by atoms with Crippen LogP contribution in [0.1, 0.15) is 41.3 Å². The Labute approximate surface area is 172 Å². The second-order valence-electron chi connectivity index (χ2n) is 7.12. The molecular weight excluding hydrogens is 395 g/mol. The number of hydrogen-bond acceptors (Lipinski definition) is 6. The number of aromatic nitrogens is 2. The van der Waals surface area contributed by atoms with E-state index in [4.69, 9.17) is 4.74 Å². The van der Waals surface area contributed by atoms with Crippen LogP contribution in [0.3, 0.4) is 0 Å². The SMILES string of the molecule is CO[C@@H]1C[C@H](c2nc(C(=O)NCc3ccc(F)cc3)c(O)c(=O)n2C)N(C(C)=O)C1. The molecule has 1 aliphatic rings. The first-order chi connectivity index (χ1) is 14.2. The Morgan fingerprint density at radius 2 is 2.00 bits per heavy atom. The van der Waals surface area contributed by atoms with Gasteiger partial charge in [0.2, 0.25) is 11.7 Å². The number of nitrogens with zero attached hydrogens (tertiary/aromatic N) is 3. The molecule has 0 unspecified atom stereocenters. The zero-order chi connectivity index (χ0) is 22.0. The number of ether oxygens (including phenoxy) is 1. The summed E-state index contributed by atoms with van der Waals surface area (Å²) < 4.78 is 19.5. The first kappa shape index (κ1) is 21.4. The number of nitrogens with one attached hydrogen (secondary N) is 1. The maximum Gasteiger partial charge on any atom is 0.296 e. The van der Waals surface area contributed by atoms with Crippen molar-refractivity contribution < 1.29 is 23.8 Å². The van der Waals surface area contributed by atoms with Crippen LogP contribution in [-0.2, 0) is 23.1 Å². The number of amides is 2. The van der Waals surface area contributed by atoms with E-state index in [0.29, 0.717) is 18.5 Å². The van der Waals surface area contributed by atoms with Crippen LogP contribution in [0.15, 0.2) is 29.1 Å². The predicted molar refractivity (Wildman–Crippen MR) is 104 cm³/mol. The molecule has 1 aromatic carbocycles. The third-order valence-electron chi connectivity index (χ3n) is 5.18. The number of carbonyl (C=O) groups excluding carboxylic acids is 2. The normalized spacial score (nSPS) is 18.5. The van der Waals surface area contributed by atoms with Crippen molar-refractivity contribution in [3.8, 4) is 5.75 Å². The lowest BCUT2D eigenvalue weighted by Gasteiger charge is -2.24. The second-order valence-corrected chi connectivity index (χ2v) is 7.12. The number of hydrogen-bond donors (Lipinski definition) is 2. The molecule has 1 aliphatic heterocycles. The molecule has 0 saturated carbocycles. The number of halogens is 1. The lowest BCUT2D eigenvalue weighted by molar-refractivity contribution is -0.130. The molecule has 160 valence electrons. The third kappa shape index (κ3) is 4.18. The number of likely N-dealkylation sites (tertiary alicyclic amines) is 1. The molecule has 1 fully saturated rings. The zero-order valence-electron chi connectivity index (χ0n) is 16.9. The fourth-order valence-corrected chi connectivity index (χ4v) is 3.49. The molecule has 2 aromatic rings. The van der Waals surface area contributed by atoms with E-state index >= 15 is 0 Å². The Morgan fingerprint density at radius 1 is 1.33 bits per heavy atom. The van der Waals surface area contributed by atoms with Gasteiger partial charge in [-0.15, -0.1) is 0 Å². The minimum atomic E-state index is -0.795. The van der Waals surface area contributed by atoms with Gasteiger partial charge in [0.25, 0.3) is 11.5 Å². The van der Waals surface area contributed by atoms with Crippen LogP contribution in [0.2, 0.25) is 0 Å². The minimum absolute atomic E-state index is 0.0551. The van der Waals surface area contributed by atoms with E-state index < -0.39 is 34.8 Å². The highest BCUT2D eigenvalue weighted by molar-refractivity contribution is 5.94. The Bertz CT molecular complexity index is 1020. The first-order valence-electron chi connectivity index (χ1n) is 9.35. The van der Waals surface area contributed by atoms with Crippen molar-refractivity contribution >= 4 is 11.8 Å². The summed E-state index contributed by atoms with van der Waals surface area (Å²) in [6.45, 7) is 1.79. The molecular formula is C20H23FN4O5. The summed E-state index contributed by atoms with van der Waals surface area (Å²) in [6.07, 6.45) is 0.165. The molecule has 0 spiro atoms. The Hall–Kier alpha value is -3.27. The van der Waals surface area contributed by atoms with Crippen LogP contribution >= 0.6 is 0 Å². The number of rotatable bonds is 5. The van der Waals surface area contributed by atoms with Crippen LogP contribution in [0, 0.1) is 5.82 Å². The Kier molecular flexibility index (Phi) is 6.16. The van der Waals surface area contributed by atoms with E-state index in [1.807, 2.05) is 0 Å². The maximum absolute atomic E-state index is 13.0. The van der Waals surface area contributed by atoms with Crippen LogP contribution < -0.4 is 10.9 Å². The van der Waals surface area contributed by atoms with Crippen molar-refractivity contribution in [2.45, 2.75) is 32.0 Å². The summed E-state index contributed by atoms with van der Waals surface area (Å²) in [6, 6.07) is 4.96. The van der Waals surface area contributed by atoms with Gasteiger partial charge in [-0.05, 0) is 17.7 Å². The van der Waals surface area contributed by atoms with E-state index in [0.717, 1.165) is 4.57 Å². The van der Waals surface area contributed by atoms with E-state index in [1.54, 1.807) is 0 Å². The molecule has 3 rings (SSSR count). The highest BCUT2D eigenvalue weighted by Gasteiger charge is 2.38. The largest absolute Gasteiger partial charge is 0.501 e. The molecule has 0 radical (unpaired) electrons. The summed E-state index contributed by atoms with van der Waals surface area (Å²) in [5, 5.41) is 12.8. The highest BCUT2D eigenvalue weighted by Crippen LogP contribution is 2.32. The molecule has 0 bridgehead atoms. The van der Waals surface area contributed by atoms with Crippen molar-refractivity contribution in [3.63, 3.8) is 0 Å². The second kappa shape index (κ2) is 8.62.